The second-order valence-electron chi connectivity index (χ2n) is 4.89. The van der Waals surface area contributed by atoms with E-state index < -0.39 is 0 Å². The first-order valence-corrected chi connectivity index (χ1v) is 8.28. The standard InChI is InChI=1S/C16H13BrCl2N2/c1-10(11-2-4-12(17)5-3-11)21-15-8-13(19)6-7-14(15)20-16(21)9-18/h2-8,10H,9H2,1H3. The minimum atomic E-state index is 0.135. The Labute approximate surface area is 141 Å². The molecule has 0 aliphatic heterocycles. The Bertz CT molecular complexity index is 781. The third kappa shape index (κ3) is 2.83. The van der Waals surface area contributed by atoms with E-state index in [2.05, 4.69) is 44.5 Å². The molecule has 0 fully saturated rings. The highest BCUT2D eigenvalue weighted by molar-refractivity contribution is 9.10. The van der Waals surface area contributed by atoms with Gasteiger partial charge in [0.2, 0.25) is 0 Å². The number of halogens is 3. The van der Waals surface area contributed by atoms with Crippen LogP contribution < -0.4 is 0 Å². The average molecular weight is 384 g/mol. The van der Waals surface area contributed by atoms with Gasteiger partial charge in [0.25, 0.3) is 0 Å². The van der Waals surface area contributed by atoms with Gasteiger partial charge in [-0.15, -0.1) is 11.6 Å². The van der Waals surface area contributed by atoms with Crippen molar-refractivity contribution in [3.63, 3.8) is 0 Å². The molecule has 0 radical (unpaired) electrons. The second kappa shape index (κ2) is 5.99. The molecule has 0 amide bonds. The molecule has 2 nitrogen and oxygen atoms in total. The molecule has 0 spiro atoms. The van der Waals surface area contributed by atoms with Gasteiger partial charge in [0.15, 0.2) is 0 Å². The van der Waals surface area contributed by atoms with Gasteiger partial charge in [-0.1, -0.05) is 39.7 Å². The van der Waals surface area contributed by atoms with E-state index >= 15 is 0 Å². The largest absolute Gasteiger partial charge is 0.320 e. The summed E-state index contributed by atoms with van der Waals surface area (Å²) in [5, 5.41) is 0.702. The molecule has 1 heterocycles. The van der Waals surface area contributed by atoms with Gasteiger partial charge in [0, 0.05) is 9.50 Å². The van der Waals surface area contributed by atoms with Crippen LogP contribution >= 0.6 is 39.1 Å². The van der Waals surface area contributed by atoms with E-state index in [1.807, 2.05) is 30.3 Å². The summed E-state index contributed by atoms with van der Waals surface area (Å²) in [6.45, 7) is 2.14. The van der Waals surface area contributed by atoms with Gasteiger partial charge in [-0.25, -0.2) is 4.98 Å². The SMILES string of the molecule is CC(c1ccc(Br)cc1)n1c(CCl)nc2ccc(Cl)cc21. The Balaban J connectivity index is 2.17. The van der Waals surface area contributed by atoms with E-state index in [0.29, 0.717) is 10.9 Å². The maximum absolute atomic E-state index is 6.13. The molecule has 0 aliphatic carbocycles. The number of aromatic nitrogens is 2. The topological polar surface area (TPSA) is 17.8 Å². The predicted molar refractivity (Wildman–Crippen MR) is 92.3 cm³/mol. The molecule has 1 atom stereocenters. The van der Waals surface area contributed by atoms with Crippen molar-refractivity contribution in [3.8, 4) is 0 Å². The lowest BCUT2D eigenvalue weighted by Crippen LogP contribution is -2.09. The molecule has 1 aromatic heterocycles. The van der Waals surface area contributed by atoms with Crippen LogP contribution in [-0.4, -0.2) is 9.55 Å². The van der Waals surface area contributed by atoms with Gasteiger partial charge in [0.05, 0.1) is 23.0 Å². The van der Waals surface area contributed by atoms with Gasteiger partial charge < -0.3 is 4.57 Å². The highest BCUT2D eigenvalue weighted by Gasteiger charge is 2.17. The van der Waals surface area contributed by atoms with E-state index in [9.17, 15) is 0 Å². The van der Waals surface area contributed by atoms with E-state index in [-0.39, 0.29) is 6.04 Å². The van der Waals surface area contributed by atoms with Crippen molar-refractivity contribution in [2.45, 2.75) is 18.8 Å². The van der Waals surface area contributed by atoms with Gasteiger partial charge in [0.1, 0.15) is 5.82 Å². The maximum atomic E-state index is 6.13. The summed E-state index contributed by atoms with van der Waals surface area (Å²) >= 11 is 15.7. The van der Waals surface area contributed by atoms with Crippen LogP contribution in [0.4, 0.5) is 0 Å². The molecule has 0 saturated heterocycles. The fourth-order valence-electron chi connectivity index (χ4n) is 2.53. The van der Waals surface area contributed by atoms with Crippen LogP contribution in [-0.2, 0) is 5.88 Å². The molecule has 5 heteroatoms. The summed E-state index contributed by atoms with van der Waals surface area (Å²) in [4.78, 5) is 4.60. The smallest absolute Gasteiger partial charge is 0.125 e. The van der Waals surface area contributed by atoms with Crippen molar-refractivity contribution in [3.05, 3.63) is 63.3 Å². The van der Waals surface area contributed by atoms with Crippen LogP contribution in [0.2, 0.25) is 5.02 Å². The lowest BCUT2D eigenvalue weighted by atomic mass is 10.1. The summed E-state index contributed by atoms with van der Waals surface area (Å²) in [6.07, 6.45) is 0. The summed E-state index contributed by atoms with van der Waals surface area (Å²) < 4.78 is 3.21. The van der Waals surface area contributed by atoms with Crippen molar-refractivity contribution in [2.75, 3.05) is 0 Å². The summed E-state index contributed by atoms with van der Waals surface area (Å²) in [6, 6.07) is 14.1. The molecule has 2 aromatic carbocycles. The van der Waals surface area contributed by atoms with E-state index in [1.165, 1.54) is 5.56 Å². The third-order valence-electron chi connectivity index (χ3n) is 3.58. The van der Waals surface area contributed by atoms with Crippen LogP contribution in [0, 0.1) is 0 Å². The van der Waals surface area contributed by atoms with E-state index in [0.717, 1.165) is 21.3 Å². The molecule has 0 aliphatic rings. The second-order valence-corrected chi connectivity index (χ2v) is 6.51. The summed E-state index contributed by atoms with van der Waals surface area (Å²) in [5.41, 5.74) is 3.12. The zero-order valence-electron chi connectivity index (χ0n) is 11.4. The van der Waals surface area contributed by atoms with E-state index in [4.69, 9.17) is 23.2 Å². The average Bonchev–Trinajstić information content (AvgIpc) is 2.85. The number of alkyl halides is 1. The zero-order valence-corrected chi connectivity index (χ0v) is 14.5. The number of imidazole rings is 1. The van der Waals surface area contributed by atoms with Gasteiger partial charge in [-0.05, 0) is 42.8 Å². The van der Waals surface area contributed by atoms with Crippen molar-refractivity contribution in [2.24, 2.45) is 0 Å². The lowest BCUT2D eigenvalue weighted by Gasteiger charge is -2.17. The molecule has 3 aromatic rings. The Morgan fingerprint density at radius 2 is 1.90 bits per heavy atom. The zero-order chi connectivity index (χ0) is 15.0. The Kier molecular flexibility index (Phi) is 4.25. The highest BCUT2D eigenvalue weighted by atomic mass is 79.9. The van der Waals surface area contributed by atoms with Gasteiger partial charge in [-0.2, -0.15) is 0 Å². The first-order valence-electron chi connectivity index (χ1n) is 6.58. The van der Waals surface area contributed by atoms with Crippen molar-refractivity contribution >= 4 is 50.2 Å². The first kappa shape index (κ1) is 14.9. The number of hydrogen-bond donors (Lipinski definition) is 0. The van der Waals surface area contributed by atoms with Crippen LogP contribution in [0.3, 0.4) is 0 Å². The minimum absolute atomic E-state index is 0.135. The van der Waals surface area contributed by atoms with Crippen molar-refractivity contribution in [1.82, 2.24) is 9.55 Å². The molecule has 21 heavy (non-hydrogen) atoms. The molecular formula is C16H13BrCl2N2. The van der Waals surface area contributed by atoms with E-state index in [1.54, 1.807) is 0 Å². The summed E-state index contributed by atoms with van der Waals surface area (Å²) in [7, 11) is 0. The Hall–Kier alpha value is -1.03. The molecule has 108 valence electrons. The fourth-order valence-corrected chi connectivity index (χ4v) is 3.15. The first-order chi connectivity index (χ1) is 10.1. The Morgan fingerprint density at radius 1 is 1.19 bits per heavy atom. The van der Waals surface area contributed by atoms with Crippen LogP contribution in [0.1, 0.15) is 24.4 Å². The van der Waals surface area contributed by atoms with Crippen molar-refractivity contribution in [1.29, 1.82) is 0 Å². The number of fused-ring (bicyclic) bond motifs is 1. The number of benzene rings is 2. The Morgan fingerprint density at radius 3 is 2.57 bits per heavy atom. The highest BCUT2D eigenvalue weighted by Crippen LogP contribution is 2.29. The van der Waals surface area contributed by atoms with Crippen LogP contribution in [0.5, 0.6) is 0 Å². The van der Waals surface area contributed by atoms with Gasteiger partial charge >= 0.3 is 0 Å². The molecule has 0 N–H and O–H groups in total. The molecule has 0 bridgehead atoms. The van der Waals surface area contributed by atoms with Gasteiger partial charge in [-0.3, -0.25) is 0 Å². The fraction of sp³-hybridized carbons (Fsp3) is 0.188. The molecule has 0 saturated carbocycles. The number of nitrogens with zero attached hydrogens (tertiary/aromatic N) is 2. The van der Waals surface area contributed by atoms with Crippen molar-refractivity contribution < 1.29 is 0 Å². The van der Waals surface area contributed by atoms with Crippen LogP contribution in [0.25, 0.3) is 11.0 Å². The third-order valence-corrected chi connectivity index (χ3v) is 4.59. The maximum Gasteiger partial charge on any atom is 0.125 e. The monoisotopic (exact) mass is 382 g/mol. The molecule has 3 rings (SSSR count). The predicted octanol–water partition coefficient (Wildman–Crippen LogP) is 5.80. The number of rotatable bonds is 3. The summed E-state index contributed by atoms with van der Waals surface area (Å²) in [5.74, 6) is 1.22. The molecular weight excluding hydrogens is 371 g/mol. The normalized spacial score (nSPS) is 12.8. The molecule has 1 unspecified atom stereocenters. The quantitative estimate of drug-likeness (QED) is 0.522. The lowest BCUT2D eigenvalue weighted by molar-refractivity contribution is 0.634. The number of hydrogen-bond acceptors (Lipinski definition) is 1. The van der Waals surface area contributed by atoms with Crippen LogP contribution in [0.15, 0.2) is 46.9 Å². The minimum Gasteiger partial charge on any atom is -0.320 e.